The molecule has 1 heterocycles. The van der Waals surface area contributed by atoms with Crippen molar-refractivity contribution < 1.29 is 4.39 Å². The molecule has 0 fully saturated rings. The van der Waals surface area contributed by atoms with E-state index in [1.54, 1.807) is 24.7 Å². The first-order valence-corrected chi connectivity index (χ1v) is 6.36. The minimum atomic E-state index is -0.248. The van der Waals surface area contributed by atoms with Gasteiger partial charge in [0.1, 0.15) is 5.82 Å². The zero-order valence-corrected chi connectivity index (χ0v) is 10.8. The molecule has 0 radical (unpaired) electrons. The average molecular weight is 267 g/mol. The van der Waals surface area contributed by atoms with Crippen LogP contribution in [0.4, 0.5) is 4.39 Å². The minimum absolute atomic E-state index is 0.248. The van der Waals surface area contributed by atoms with Gasteiger partial charge in [0.2, 0.25) is 0 Å². The SMILES string of the molecule is NCc1ccccc1-n1cncc1-c1ccc(F)cc1. The van der Waals surface area contributed by atoms with Crippen molar-refractivity contribution in [2.24, 2.45) is 5.73 Å². The molecular weight excluding hydrogens is 253 g/mol. The molecule has 0 aliphatic rings. The molecule has 20 heavy (non-hydrogen) atoms. The Morgan fingerprint density at radius 3 is 2.55 bits per heavy atom. The smallest absolute Gasteiger partial charge is 0.123 e. The molecule has 1 aromatic heterocycles. The molecule has 3 nitrogen and oxygen atoms in total. The molecule has 4 heteroatoms. The summed E-state index contributed by atoms with van der Waals surface area (Å²) in [6.07, 6.45) is 3.51. The molecule has 0 bridgehead atoms. The molecule has 0 atom stereocenters. The van der Waals surface area contributed by atoms with Gasteiger partial charge in [0.05, 0.1) is 23.9 Å². The number of nitrogens with zero attached hydrogens (tertiary/aromatic N) is 2. The largest absolute Gasteiger partial charge is 0.326 e. The van der Waals surface area contributed by atoms with Crippen molar-refractivity contribution in [2.45, 2.75) is 6.54 Å². The summed E-state index contributed by atoms with van der Waals surface area (Å²) < 4.78 is 15.0. The topological polar surface area (TPSA) is 43.8 Å². The number of hydrogen-bond donors (Lipinski definition) is 1. The van der Waals surface area contributed by atoms with E-state index in [2.05, 4.69) is 4.98 Å². The van der Waals surface area contributed by atoms with Gasteiger partial charge in [0, 0.05) is 12.1 Å². The fourth-order valence-corrected chi connectivity index (χ4v) is 2.24. The van der Waals surface area contributed by atoms with Gasteiger partial charge in [-0.25, -0.2) is 9.37 Å². The third-order valence-electron chi connectivity index (χ3n) is 3.25. The van der Waals surface area contributed by atoms with Crippen molar-refractivity contribution in [2.75, 3.05) is 0 Å². The van der Waals surface area contributed by atoms with Gasteiger partial charge in [-0.1, -0.05) is 18.2 Å². The van der Waals surface area contributed by atoms with Crippen LogP contribution in [-0.2, 0) is 6.54 Å². The van der Waals surface area contributed by atoms with E-state index >= 15 is 0 Å². The predicted molar refractivity (Wildman–Crippen MR) is 76.8 cm³/mol. The zero-order valence-electron chi connectivity index (χ0n) is 10.8. The van der Waals surface area contributed by atoms with Gasteiger partial charge < -0.3 is 5.73 Å². The third kappa shape index (κ3) is 2.21. The molecule has 3 rings (SSSR count). The van der Waals surface area contributed by atoms with Crippen LogP contribution in [0.3, 0.4) is 0 Å². The van der Waals surface area contributed by atoms with Crippen molar-refractivity contribution in [3.63, 3.8) is 0 Å². The van der Waals surface area contributed by atoms with E-state index in [1.807, 2.05) is 28.8 Å². The summed E-state index contributed by atoms with van der Waals surface area (Å²) in [7, 11) is 0. The van der Waals surface area contributed by atoms with E-state index in [9.17, 15) is 4.39 Å². The second-order valence-corrected chi connectivity index (χ2v) is 4.49. The lowest BCUT2D eigenvalue weighted by Gasteiger charge is -2.12. The average Bonchev–Trinajstić information content (AvgIpc) is 2.97. The molecular formula is C16H14FN3. The standard InChI is InChI=1S/C16H14FN3/c17-14-7-5-12(6-8-14)16-10-19-11-20(16)15-4-2-1-3-13(15)9-18/h1-8,10-11H,9,18H2. The van der Waals surface area contributed by atoms with Crippen LogP contribution in [0.25, 0.3) is 16.9 Å². The van der Waals surface area contributed by atoms with Crippen LogP contribution in [0.5, 0.6) is 0 Å². The van der Waals surface area contributed by atoms with E-state index in [0.717, 1.165) is 22.5 Å². The Bertz CT molecular complexity index is 717. The Hall–Kier alpha value is -2.46. The van der Waals surface area contributed by atoms with Crippen LogP contribution < -0.4 is 5.73 Å². The number of hydrogen-bond acceptors (Lipinski definition) is 2. The highest BCUT2D eigenvalue weighted by molar-refractivity contribution is 5.62. The molecule has 2 aromatic carbocycles. The van der Waals surface area contributed by atoms with Gasteiger partial charge in [0.15, 0.2) is 0 Å². The molecule has 0 saturated carbocycles. The first kappa shape index (κ1) is 12.6. The fourth-order valence-electron chi connectivity index (χ4n) is 2.24. The van der Waals surface area contributed by atoms with Gasteiger partial charge in [-0.15, -0.1) is 0 Å². The van der Waals surface area contributed by atoms with Crippen LogP contribution >= 0.6 is 0 Å². The van der Waals surface area contributed by atoms with E-state index < -0.39 is 0 Å². The van der Waals surface area contributed by atoms with E-state index in [4.69, 9.17) is 5.73 Å². The van der Waals surface area contributed by atoms with Gasteiger partial charge >= 0.3 is 0 Å². The van der Waals surface area contributed by atoms with E-state index in [1.165, 1.54) is 12.1 Å². The second kappa shape index (κ2) is 5.27. The van der Waals surface area contributed by atoms with E-state index in [0.29, 0.717) is 6.54 Å². The van der Waals surface area contributed by atoms with Crippen LogP contribution in [0.1, 0.15) is 5.56 Å². The number of benzene rings is 2. The predicted octanol–water partition coefficient (Wildman–Crippen LogP) is 3.14. The van der Waals surface area contributed by atoms with Crippen LogP contribution in [0.2, 0.25) is 0 Å². The summed E-state index contributed by atoms with van der Waals surface area (Å²) in [6.45, 7) is 0.456. The fraction of sp³-hybridized carbons (Fsp3) is 0.0625. The maximum absolute atomic E-state index is 13.0. The first-order chi connectivity index (χ1) is 9.79. The van der Waals surface area contributed by atoms with Crippen LogP contribution in [0.15, 0.2) is 61.1 Å². The summed E-state index contributed by atoms with van der Waals surface area (Å²) in [4.78, 5) is 4.20. The Morgan fingerprint density at radius 1 is 1.05 bits per heavy atom. The molecule has 0 unspecified atom stereocenters. The summed E-state index contributed by atoms with van der Waals surface area (Å²) in [6, 6.07) is 14.3. The van der Waals surface area contributed by atoms with Crippen LogP contribution in [0, 0.1) is 5.82 Å². The number of nitrogens with two attached hydrogens (primary N) is 1. The summed E-state index contributed by atoms with van der Waals surface area (Å²) >= 11 is 0. The number of halogens is 1. The molecule has 0 saturated heterocycles. The Balaban J connectivity index is 2.13. The first-order valence-electron chi connectivity index (χ1n) is 6.36. The monoisotopic (exact) mass is 267 g/mol. The van der Waals surface area contributed by atoms with Crippen molar-refractivity contribution >= 4 is 0 Å². The quantitative estimate of drug-likeness (QED) is 0.792. The van der Waals surface area contributed by atoms with Crippen molar-refractivity contribution in [1.82, 2.24) is 9.55 Å². The molecule has 3 aromatic rings. The maximum Gasteiger partial charge on any atom is 0.123 e. The van der Waals surface area contributed by atoms with Crippen molar-refractivity contribution in [3.05, 3.63) is 72.4 Å². The lowest BCUT2D eigenvalue weighted by Crippen LogP contribution is -2.04. The minimum Gasteiger partial charge on any atom is -0.326 e. The van der Waals surface area contributed by atoms with Gasteiger partial charge in [0.25, 0.3) is 0 Å². The number of imidazole rings is 1. The Kier molecular flexibility index (Phi) is 3.31. The maximum atomic E-state index is 13.0. The van der Waals surface area contributed by atoms with E-state index in [-0.39, 0.29) is 5.82 Å². The van der Waals surface area contributed by atoms with Gasteiger partial charge in [-0.05, 0) is 35.9 Å². The summed E-state index contributed by atoms with van der Waals surface area (Å²) in [5, 5.41) is 0. The lowest BCUT2D eigenvalue weighted by atomic mass is 10.1. The zero-order chi connectivity index (χ0) is 13.9. The molecule has 100 valence electrons. The van der Waals surface area contributed by atoms with Crippen LogP contribution in [-0.4, -0.2) is 9.55 Å². The highest BCUT2D eigenvalue weighted by atomic mass is 19.1. The normalized spacial score (nSPS) is 10.7. The highest BCUT2D eigenvalue weighted by Gasteiger charge is 2.09. The number of aromatic nitrogens is 2. The molecule has 0 aliphatic heterocycles. The summed E-state index contributed by atoms with van der Waals surface area (Å²) in [5.41, 5.74) is 9.63. The van der Waals surface area contributed by atoms with Gasteiger partial charge in [-0.2, -0.15) is 0 Å². The van der Waals surface area contributed by atoms with Gasteiger partial charge in [-0.3, -0.25) is 4.57 Å². The lowest BCUT2D eigenvalue weighted by molar-refractivity contribution is 0.628. The molecule has 0 amide bonds. The Labute approximate surface area is 116 Å². The number of para-hydroxylation sites is 1. The summed E-state index contributed by atoms with van der Waals surface area (Å²) in [5.74, 6) is -0.248. The second-order valence-electron chi connectivity index (χ2n) is 4.49. The Morgan fingerprint density at radius 2 is 1.80 bits per heavy atom. The molecule has 0 spiro atoms. The number of rotatable bonds is 3. The highest BCUT2D eigenvalue weighted by Crippen LogP contribution is 2.24. The van der Waals surface area contributed by atoms with Crippen molar-refractivity contribution in [1.29, 1.82) is 0 Å². The molecule has 2 N–H and O–H groups in total. The van der Waals surface area contributed by atoms with Crippen molar-refractivity contribution in [3.8, 4) is 16.9 Å². The third-order valence-corrected chi connectivity index (χ3v) is 3.25. The molecule has 0 aliphatic carbocycles.